The fourth-order valence-electron chi connectivity index (χ4n) is 3.66. The molecule has 0 unspecified atom stereocenters. The maximum Gasteiger partial charge on any atom is 0.0714 e. The van der Waals surface area contributed by atoms with Crippen LogP contribution in [0.4, 0.5) is 0 Å². The summed E-state index contributed by atoms with van der Waals surface area (Å²) in [4.78, 5) is 2.51. The number of aryl methyl sites for hydroxylation is 2. The SMILES string of the molecule is Cn1cc(CN2CCc3nn(C)c(-c4ccccc4)c3CC2)cn1. The van der Waals surface area contributed by atoms with Crippen LogP contribution >= 0.6 is 0 Å². The summed E-state index contributed by atoms with van der Waals surface area (Å²) in [6, 6.07) is 10.6. The molecular formula is C19H23N5. The van der Waals surface area contributed by atoms with Gasteiger partial charge in [0.05, 0.1) is 17.6 Å². The van der Waals surface area contributed by atoms with E-state index in [1.54, 1.807) is 0 Å². The molecule has 5 heteroatoms. The van der Waals surface area contributed by atoms with Crippen molar-refractivity contribution in [3.05, 3.63) is 59.5 Å². The van der Waals surface area contributed by atoms with E-state index in [0.717, 1.165) is 32.5 Å². The third kappa shape index (κ3) is 2.87. The van der Waals surface area contributed by atoms with E-state index >= 15 is 0 Å². The molecule has 3 aromatic rings. The Hall–Kier alpha value is -2.40. The molecule has 0 amide bonds. The van der Waals surface area contributed by atoms with Crippen LogP contribution in [-0.2, 0) is 33.5 Å². The Morgan fingerprint density at radius 1 is 1.04 bits per heavy atom. The van der Waals surface area contributed by atoms with Crippen LogP contribution in [0.25, 0.3) is 11.3 Å². The van der Waals surface area contributed by atoms with Gasteiger partial charge in [-0.25, -0.2) is 0 Å². The van der Waals surface area contributed by atoms with Gasteiger partial charge in [0, 0.05) is 63.0 Å². The number of fused-ring (bicyclic) bond motifs is 1. The van der Waals surface area contributed by atoms with Gasteiger partial charge in [-0.05, 0) is 6.42 Å². The third-order valence-corrected chi connectivity index (χ3v) is 4.78. The van der Waals surface area contributed by atoms with Crippen LogP contribution < -0.4 is 0 Å². The van der Waals surface area contributed by atoms with E-state index in [0.29, 0.717) is 0 Å². The van der Waals surface area contributed by atoms with Crippen LogP contribution in [0.2, 0.25) is 0 Å². The van der Waals surface area contributed by atoms with Gasteiger partial charge >= 0.3 is 0 Å². The lowest BCUT2D eigenvalue weighted by molar-refractivity contribution is 0.278. The Morgan fingerprint density at radius 3 is 2.58 bits per heavy atom. The topological polar surface area (TPSA) is 38.9 Å². The Balaban J connectivity index is 1.56. The zero-order valence-corrected chi connectivity index (χ0v) is 14.3. The largest absolute Gasteiger partial charge is 0.298 e. The van der Waals surface area contributed by atoms with Crippen LogP contribution in [0, 0.1) is 0 Å². The number of aromatic nitrogens is 4. The minimum atomic E-state index is 0.963. The van der Waals surface area contributed by atoms with Gasteiger partial charge < -0.3 is 0 Å². The summed E-state index contributed by atoms with van der Waals surface area (Å²) in [5.41, 5.74) is 6.48. The molecule has 1 aliphatic rings. The van der Waals surface area contributed by atoms with E-state index in [-0.39, 0.29) is 0 Å². The molecule has 0 spiro atoms. The van der Waals surface area contributed by atoms with Crippen LogP contribution in [0.3, 0.4) is 0 Å². The molecule has 0 saturated heterocycles. The smallest absolute Gasteiger partial charge is 0.0714 e. The molecule has 0 bridgehead atoms. The maximum absolute atomic E-state index is 4.81. The fraction of sp³-hybridized carbons (Fsp3) is 0.368. The van der Waals surface area contributed by atoms with E-state index in [2.05, 4.69) is 58.3 Å². The van der Waals surface area contributed by atoms with Crippen LogP contribution in [0.15, 0.2) is 42.7 Å². The molecule has 1 aliphatic heterocycles. The van der Waals surface area contributed by atoms with Gasteiger partial charge in [-0.15, -0.1) is 0 Å². The van der Waals surface area contributed by atoms with Gasteiger partial charge in [0.25, 0.3) is 0 Å². The minimum Gasteiger partial charge on any atom is -0.298 e. The molecular weight excluding hydrogens is 298 g/mol. The first-order valence-electron chi connectivity index (χ1n) is 8.51. The van der Waals surface area contributed by atoms with E-state index in [9.17, 15) is 0 Å². The molecule has 124 valence electrons. The van der Waals surface area contributed by atoms with Gasteiger partial charge in [-0.2, -0.15) is 10.2 Å². The number of nitrogens with zero attached hydrogens (tertiary/aromatic N) is 5. The van der Waals surface area contributed by atoms with E-state index in [1.807, 2.05) is 17.9 Å². The van der Waals surface area contributed by atoms with Crippen molar-refractivity contribution in [1.82, 2.24) is 24.5 Å². The summed E-state index contributed by atoms with van der Waals surface area (Å²) >= 11 is 0. The van der Waals surface area contributed by atoms with E-state index in [1.165, 1.54) is 28.1 Å². The van der Waals surface area contributed by atoms with Gasteiger partial charge in [0.1, 0.15) is 0 Å². The summed E-state index contributed by atoms with van der Waals surface area (Å²) < 4.78 is 3.92. The first-order valence-corrected chi connectivity index (χ1v) is 8.51. The van der Waals surface area contributed by atoms with Gasteiger partial charge in [-0.1, -0.05) is 30.3 Å². The lowest BCUT2D eigenvalue weighted by Crippen LogP contribution is -2.26. The molecule has 4 rings (SSSR count). The number of hydrogen-bond donors (Lipinski definition) is 0. The maximum atomic E-state index is 4.81. The zero-order chi connectivity index (χ0) is 16.5. The standard InChI is InChI=1S/C19H23N5/c1-22-13-15(12-20-22)14-24-10-8-17-18(9-11-24)21-23(2)19(17)16-6-4-3-5-7-16/h3-7,12-13H,8-11,14H2,1-2H3. The molecule has 3 heterocycles. The van der Waals surface area contributed by atoms with Crippen molar-refractivity contribution in [2.75, 3.05) is 13.1 Å². The second kappa shape index (κ2) is 6.24. The van der Waals surface area contributed by atoms with Crippen molar-refractivity contribution in [3.8, 4) is 11.3 Å². The van der Waals surface area contributed by atoms with Crippen molar-refractivity contribution >= 4 is 0 Å². The summed E-state index contributed by atoms with van der Waals surface area (Å²) in [5, 5.41) is 9.08. The molecule has 1 aromatic carbocycles. The second-order valence-electron chi connectivity index (χ2n) is 6.56. The molecule has 0 saturated carbocycles. The monoisotopic (exact) mass is 321 g/mol. The summed E-state index contributed by atoms with van der Waals surface area (Å²) in [7, 11) is 4.03. The normalized spacial score (nSPS) is 15.2. The lowest BCUT2D eigenvalue weighted by Gasteiger charge is -2.18. The van der Waals surface area contributed by atoms with Gasteiger partial charge in [0.15, 0.2) is 0 Å². The minimum absolute atomic E-state index is 0.963. The molecule has 0 radical (unpaired) electrons. The molecule has 0 N–H and O–H groups in total. The Morgan fingerprint density at radius 2 is 1.83 bits per heavy atom. The molecule has 5 nitrogen and oxygen atoms in total. The number of rotatable bonds is 3. The molecule has 0 aliphatic carbocycles. The predicted molar refractivity (Wildman–Crippen MR) is 94.5 cm³/mol. The summed E-state index contributed by atoms with van der Waals surface area (Å²) in [6.45, 7) is 3.07. The average Bonchev–Trinajstić information content (AvgIpc) is 3.07. The Bertz CT molecular complexity index is 831. The average molecular weight is 321 g/mol. The van der Waals surface area contributed by atoms with Crippen molar-refractivity contribution < 1.29 is 0 Å². The Labute approximate surface area is 142 Å². The van der Waals surface area contributed by atoms with E-state index in [4.69, 9.17) is 5.10 Å². The summed E-state index contributed by atoms with van der Waals surface area (Å²) in [6.07, 6.45) is 6.13. The first kappa shape index (κ1) is 15.1. The highest BCUT2D eigenvalue weighted by atomic mass is 15.3. The Kier molecular flexibility index (Phi) is 3.94. The molecule has 24 heavy (non-hydrogen) atoms. The second-order valence-corrected chi connectivity index (χ2v) is 6.56. The highest BCUT2D eigenvalue weighted by Gasteiger charge is 2.22. The quantitative estimate of drug-likeness (QED) is 0.744. The van der Waals surface area contributed by atoms with Crippen LogP contribution in [0.5, 0.6) is 0 Å². The zero-order valence-electron chi connectivity index (χ0n) is 14.3. The lowest BCUT2D eigenvalue weighted by atomic mass is 10.0. The van der Waals surface area contributed by atoms with Crippen LogP contribution in [-0.4, -0.2) is 37.6 Å². The molecule has 0 atom stereocenters. The number of benzene rings is 1. The van der Waals surface area contributed by atoms with Crippen molar-refractivity contribution in [2.45, 2.75) is 19.4 Å². The summed E-state index contributed by atoms with van der Waals surface area (Å²) in [5.74, 6) is 0. The molecule has 2 aromatic heterocycles. The highest BCUT2D eigenvalue weighted by Crippen LogP contribution is 2.28. The predicted octanol–water partition coefficient (Wildman–Crippen LogP) is 2.42. The van der Waals surface area contributed by atoms with Crippen LogP contribution in [0.1, 0.15) is 16.8 Å². The third-order valence-electron chi connectivity index (χ3n) is 4.78. The highest BCUT2D eigenvalue weighted by molar-refractivity contribution is 5.64. The van der Waals surface area contributed by atoms with Crippen molar-refractivity contribution in [2.24, 2.45) is 14.1 Å². The molecule has 0 fully saturated rings. The van der Waals surface area contributed by atoms with E-state index < -0.39 is 0 Å². The number of hydrogen-bond acceptors (Lipinski definition) is 3. The first-order chi connectivity index (χ1) is 11.7. The fourth-order valence-corrected chi connectivity index (χ4v) is 3.66. The van der Waals surface area contributed by atoms with Crippen molar-refractivity contribution in [1.29, 1.82) is 0 Å². The van der Waals surface area contributed by atoms with Gasteiger partial charge in [0.2, 0.25) is 0 Å². The van der Waals surface area contributed by atoms with Crippen molar-refractivity contribution in [3.63, 3.8) is 0 Å². The van der Waals surface area contributed by atoms with Gasteiger partial charge in [-0.3, -0.25) is 14.3 Å².